The van der Waals surface area contributed by atoms with E-state index in [0.717, 1.165) is 38.6 Å². The van der Waals surface area contributed by atoms with Crippen molar-refractivity contribution in [1.29, 1.82) is 0 Å². The second-order valence-electron chi connectivity index (χ2n) is 5.12. The monoisotopic (exact) mass is 247 g/mol. The summed E-state index contributed by atoms with van der Waals surface area (Å²) < 4.78 is 22.9. The maximum atomic E-state index is 11.4. The number of rotatable bonds is 3. The summed E-state index contributed by atoms with van der Waals surface area (Å²) in [6.07, 6.45) is 4.59. The Morgan fingerprint density at radius 1 is 1.19 bits per heavy atom. The lowest BCUT2D eigenvalue weighted by Crippen LogP contribution is -2.43. The van der Waals surface area contributed by atoms with E-state index in [4.69, 9.17) is 0 Å². The van der Waals surface area contributed by atoms with Gasteiger partial charge in [-0.3, -0.25) is 0 Å². The van der Waals surface area contributed by atoms with Crippen LogP contribution in [0.1, 0.15) is 32.1 Å². The lowest BCUT2D eigenvalue weighted by Gasteiger charge is -2.25. The summed E-state index contributed by atoms with van der Waals surface area (Å²) in [4.78, 5) is 0. The molecule has 2 fully saturated rings. The molecule has 0 aromatic rings. The average Bonchev–Trinajstić information content (AvgIpc) is 2.60. The van der Waals surface area contributed by atoms with Crippen LogP contribution in [0.25, 0.3) is 0 Å². The molecule has 2 aliphatic rings. The Bertz CT molecular complexity index is 328. The summed E-state index contributed by atoms with van der Waals surface area (Å²) in [6, 6.07) is 0.103. The number of hydrogen-bond donors (Lipinski definition) is 2. The molecule has 0 aromatic heterocycles. The van der Waals surface area contributed by atoms with Crippen molar-refractivity contribution >= 4 is 9.84 Å². The highest BCUT2D eigenvalue weighted by molar-refractivity contribution is 7.91. The van der Waals surface area contributed by atoms with Crippen molar-refractivity contribution in [1.82, 2.24) is 5.32 Å². The molecule has 0 radical (unpaired) electrons. The molecule has 0 aromatic carbocycles. The van der Waals surface area contributed by atoms with Gasteiger partial charge in [-0.2, -0.15) is 0 Å². The highest BCUT2D eigenvalue weighted by atomic mass is 32.2. The van der Waals surface area contributed by atoms with Gasteiger partial charge >= 0.3 is 0 Å². The van der Waals surface area contributed by atoms with Gasteiger partial charge in [0.05, 0.1) is 17.6 Å². The molecule has 16 heavy (non-hydrogen) atoms. The van der Waals surface area contributed by atoms with Crippen LogP contribution in [0.4, 0.5) is 0 Å². The molecule has 5 heteroatoms. The van der Waals surface area contributed by atoms with Gasteiger partial charge in [0.2, 0.25) is 0 Å². The van der Waals surface area contributed by atoms with E-state index in [9.17, 15) is 13.5 Å². The molecule has 0 bridgehead atoms. The Morgan fingerprint density at radius 3 is 2.62 bits per heavy atom. The lowest BCUT2D eigenvalue weighted by molar-refractivity contribution is 0.130. The molecule has 94 valence electrons. The van der Waals surface area contributed by atoms with Crippen LogP contribution < -0.4 is 5.32 Å². The Labute approximate surface area is 97.3 Å². The Morgan fingerprint density at radius 2 is 2.00 bits per heavy atom. The van der Waals surface area contributed by atoms with E-state index in [0.29, 0.717) is 11.7 Å². The fourth-order valence-corrected chi connectivity index (χ4v) is 4.43. The third kappa shape index (κ3) is 3.18. The molecule has 2 N–H and O–H groups in total. The van der Waals surface area contributed by atoms with Crippen LogP contribution in [0, 0.1) is 5.92 Å². The molecule has 1 aliphatic carbocycles. The van der Waals surface area contributed by atoms with Crippen molar-refractivity contribution in [3.63, 3.8) is 0 Å². The van der Waals surface area contributed by atoms with Crippen LogP contribution in [0.2, 0.25) is 0 Å². The van der Waals surface area contributed by atoms with Crippen LogP contribution in [0.5, 0.6) is 0 Å². The summed E-state index contributed by atoms with van der Waals surface area (Å²) in [7, 11) is -2.82. The SMILES string of the molecule is O=S1(=O)CCCC(NCC2CCCC2O)C1. The maximum absolute atomic E-state index is 11.4. The second kappa shape index (κ2) is 5.02. The van der Waals surface area contributed by atoms with Crippen LogP contribution >= 0.6 is 0 Å². The first-order valence-corrected chi connectivity index (χ1v) is 8.01. The third-order valence-electron chi connectivity index (χ3n) is 3.75. The number of aliphatic hydroxyl groups is 1. The topological polar surface area (TPSA) is 66.4 Å². The second-order valence-corrected chi connectivity index (χ2v) is 7.35. The van der Waals surface area contributed by atoms with Crippen molar-refractivity contribution < 1.29 is 13.5 Å². The molecule has 0 spiro atoms. The molecule has 1 saturated carbocycles. The zero-order chi connectivity index (χ0) is 11.6. The largest absolute Gasteiger partial charge is 0.393 e. The summed E-state index contributed by atoms with van der Waals surface area (Å²) in [6.45, 7) is 0.765. The van der Waals surface area contributed by atoms with E-state index in [1.807, 2.05) is 0 Å². The molecule has 0 amide bonds. The van der Waals surface area contributed by atoms with Crippen LogP contribution in [-0.4, -0.2) is 43.7 Å². The van der Waals surface area contributed by atoms with Gasteiger partial charge in [-0.05, 0) is 31.6 Å². The van der Waals surface area contributed by atoms with E-state index in [1.54, 1.807) is 0 Å². The molecule has 1 heterocycles. The van der Waals surface area contributed by atoms with Crippen molar-refractivity contribution in [2.45, 2.75) is 44.2 Å². The third-order valence-corrected chi connectivity index (χ3v) is 5.57. The summed E-state index contributed by atoms with van der Waals surface area (Å²) in [5.41, 5.74) is 0. The standard InChI is InChI=1S/C11H21NO3S/c13-11-5-1-3-9(11)7-12-10-4-2-6-16(14,15)8-10/h9-13H,1-8H2. The molecular weight excluding hydrogens is 226 g/mol. The van der Waals surface area contributed by atoms with Gasteiger partial charge in [-0.15, -0.1) is 0 Å². The van der Waals surface area contributed by atoms with E-state index in [1.165, 1.54) is 0 Å². The zero-order valence-electron chi connectivity index (χ0n) is 9.56. The molecule has 3 unspecified atom stereocenters. The van der Waals surface area contributed by atoms with Crippen molar-refractivity contribution in [2.75, 3.05) is 18.1 Å². The van der Waals surface area contributed by atoms with Crippen molar-refractivity contribution in [3.8, 4) is 0 Å². The summed E-state index contributed by atoms with van der Waals surface area (Å²) >= 11 is 0. The smallest absolute Gasteiger partial charge is 0.151 e. The van der Waals surface area contributed by atoms with Gasteiger partial charge in [-0.1, -0.05) is 6.42 Å². The maximum Gasteiger partial charge on any atom is 0.151 e. The highest BCUT2D eigenvalue weighted by Crippen LogP contribution is 2.25. The Kier molecular flexibility index (Phi) is 3.87. The van der Waals surface area contributed by atoms with Gasteiger partial charge in [0.25, 0.3) is 0 Å². The molecule has 1 saturated heterocycles. The molecule has 3 atom stereocenters. The molecule has 2 rings (SSSR count). The van der Waals surface area contributed by atoms with Crippen LogP contribution in [0.15, 0.2) is 0 Å². The molecular formula is C11H21NO3S. The van der Waals surface area contributed by atoms with Crippen molar-refractivity contribution in [3.05, 3.63) is 0 Å². The number of sulfone groups is 1. The van der Waals surface area contributed by atoms with Crippen LogP contribution in [0.3, 0.4) is 0 Å². The van der Waals surface area contributed by atoms with Gasteiger partial charge < -0.3 is 10.4 Å². The normalized spacial score (nSPS) is 38.7. The fraction of sp³-hybridized carbons (Fsp3) is 1.00. The minimum Gasteiger partial charge on any atom is -0.393 e. The summed E-state index contributed by atoms with van der Waals surface area (Å²) in [5, 5.41) is 13.0. The number of hydrogen-bond acceptors (Lipinski definition) is 4. The van der Waals surface area contributed by atoms with E-state index >= 15 is 0 Å². The first-order chi connectivity index (χ1) is 7.57. The minimum atomic E-state index is -2.82. The van der Waals surface area contributed by atoms with Gasteiger partial charge in [-0.25, -0.2) is 8.42 Å². The lowest BCUT2D eigenvalue weighted by atomic mass is 10.1. The summed E-state index contributed by atoms with van der Waals surface area (Å²) in [5.74, 6) is 0.942. The first kappa shape index (κ1) is 12.3. The fourth-order valence-electron chi connectivity index (χ4n) is 2.76. The molecule has 1 aliphatic heterocycles. The van der Waals surface area contributed by atoms with Gasteiger partial charge in [0.15, 0.2) is 9.84 Å². The highest BCUT2D eigenvalue weighted by Gasteiger charge is 2.28. The van der Waals surface area contributed by atoms with Crippen LogP contribution in [-0.2, 0) is 9.84 Å². The van der Waals surface area contributed by atoms with Gasteiger partial charge in [0, 0.05) is 12.6 Å². The van der Waals surface area contributed by atoms with E-state index in [2.05, 4.69) is 5.32 Å². The van der Waals surface area contributed by atoms with Crippen molar-refractivity contribution in [2.24, 2.45) is 5.92 Å². The van der Waals surface area contributed by atoms with Gasteiger partial charge in [0.1, 0.15) is 0 Å². The molecule has 4 nitrogen and oxygen atoms in total. The number of aliphatic hydroxyl groups excluding tert-OH is 1. The minimum absolute atomic E-state index is 0.103. The first-order valence-electron chi connectivity index (χ1n) is 6.19. The zero-order valence-corrected chi connectivity index (χ0v) is 10.4. The predicted octanol–water partition coefficient (Wildman–Crippen LogP) is 0.314. The average molecular weight is 247 g/mol. The Hall–Kier alpha value is -0.130. The number of nitrogens with one attached hydrogen (secondary N) is 1. The Balaban J connectivity index is 1.77. The van der Waals surface area contributed by atoms with E-state index < -0.39 is 9.84 Å². The predicted molar refractivity (Wildman–Crippen MR) is 63.0 cm³/mol. The van der Waals surface area contributed by atoms with E-state index in [-0.39, 0.29) is 17.9 Å². The quantitative estimate of drug-likeness (QED) is 0.753.